The summed E-state index contributed by atoms with van der Waals surface area (Å²) in [5, 5.41) is 3.41. The fourth-order valence-corrected chi connectivity index (χ4v) is 2.04. The van der Waals surface area contributed by atoms with Crippen LogP contribution in [-0.4, -0.2) is 26.0 Å². The van der Waals surface area contributed by atoms with Crippen LogP contribution < -0.4 is 10.1 Å². The highest BCUT2D eigenvalue weighted by Crippen LogP contribution is 2.27. The molecule has 96 valence electrons. The van der Waals surface area contributed by atoms with E-state index in [-0.39, 0.29) is 5.41 Å². The van der Waals surface area contributed by atoms with E-state index in [1.807, 2.05) is 6.07 Å². The molecule has 0 amide bonds. The number of thiol groups is 1. The number of rotatable bonds is 6. The Hall–Kier alpha value is -0.670. The van der Waals surface area contributed by atoms with Crippen LogP contribution >= 0.6 is 12.6 Å². The molecular formula is C14H23NOS. The molecule has 0 saturated heterocycles. The van der Waals surface area contributed by atoms with Gasteiger partial charge in [-0.2, -0.15) is 12.6 Å². The van der Waals surface area contributed by atoms with Gasteiger partial charge in [-0.25, -0.2) is 0 Å². The normalized spacial score (nSPS) is 11.6. The van der Waals surface area contributed by atoms with Crippen LogP contribution in [0, 0.1) is 6.92 Å². The largest absolute Gasteiger partial charge is 0.496 e. The lowest BCUT2D eigenvalue weighted by Crippen LogP contribution is -2.34. The van der Waals surface area contributed by atoms with Gasteiger partial charge in [0.15, 0.2) is 0 Å². The van der Waals surface area contributed by atoms with Crippen LogP contribution in [0.2, 0.25) is 0 Å². The Bertz CT molecular complexity index is 363. The summed E-state index contributed by atoms with van der Waals surface area (Å²) in [5.41, 5.74) is 2.65. The maximum atomic E-state index is 5.29. The fraction of sp³-hybridized carbons (Fsp3) is 0.571. The van der Waals surface area contributed by atoms with Gasteiger partial charge in [-0.05, 0) is 24.1 Å². The van der Waals surface area contributed by atoms with E-state index in [0.717, 1.165) is 24.6 Å². The van der Waals surface area contributed by atoms with Crippen molar-refractivity contribution in [3.8, 4) is 5.75 Å². The summed E-state index contributed by atoms with van der Waals surface area (Å²) >= 11 is 4.20. The number of hydrogen-bond donors (Lipinski definition) is 2. The summed E-state index contributed by atoms with van der Waals surface area (Å²) in [7, 11) is 1.71. The third kappa shape index (κ3) is 3.93. The number of nitrogens with one attached hydrogen (secondary N) is 1. The smallest absolute Gasteiger partial charge is 0.121 e. The molecule has 1 N–H and O–H groups in total. The Morgan fingerprint density at radius 3 is 2.59 bits per heavy atom. The molecule has 0 atom stereocenters. The molecule has 17 heavy (non-hydrogen) atoms. The van der Waals surface area contributed by atoms with E-state index in [9.17, 15) is 0 Å². The van der Waals surface area contributed by atoms with Crippen molar-refractivity contribution in [2.24, 2.45) is 0 Å². The molecule has 0 heterocycles. The van der Waals surface area contributed by atoms with Gasteiger partial charge in [0, 0.05) is 24.3 Å². The van der Waals surface area contributed by atoms with E-state index < -0.39 is 0 Å². The summed E-state index contributed by atoms with van der Waals surface area (Å²) in [5.74, 6) is 1.82. The van der Waals surface area contributed by atoms with Gasteiger partial charge in [-0.1, -0.05) is 26.0 Å². The fourth-order valence-electron chi connectivity index (χ4n) is 1.88. The van der Waals surface area contributed by atoms with Crippen LogP contribution in [0.15, 0.2) is 18.2 Å². The van der Waals surface area contributed by atoms with Gasteiger partial charge in [-0.15, -0.1) is 0 Å². The molecule has 1 aromatic carbocycles. The van der Waals surface area contributed by atoms with Crippen LogP contribution in [-0.2, 0) is 5.41 Å². The van der Waals surface area contributed by atoms with Crippen molar-refractivity contribution in [1.82, 2.24) is 5.32 Å². The maximum absolute atomic E-state index is 5.29. The molecule has 0 fully saturated rings. The number of hydrogen-bond acceptors (Lipinski definition) is 3. The Morgan fingerprint density at radius 1 is 1.35 bits per heavy atom. The third-order valence-corrected chi connectivity index (χ3v) is 3.26. The molecular weight excluding hydrogens is 230 g/mol. The molecule has 3 heteroatoms. The van der Waals surface area contributed by atoms with Gasteiger partial charge in [-0.3, -0.25) is 0 Å². The molecule has 1 aromatic rings. The van der Waals surface area contributed by atoms with Crippen molar-refractivity contribution < 1.29 is 4.74 Å². The van der Waals surface area contributed by atoms with Gasteiger partial charge >= 0.3 is 0 Å². The molecule has 2 nitrogen and oxygen atoms in total. The first kappa shape index (κ1) is 14.4. The molecule has 0 radical (unpaired) electrons. The first-order valence-corrected chi connectivity index (χ1v) is 6.61. The Morgan fingerprint density at radius 2 is 2.06 bits per heavy atom. The average Bonchev–Trinajstić information content (AvgIpc) is 2.29. The second kappa shape index (κ2) is 6.31. The lowest BCUT2D eigenvalue weighted by atomic mass is 9.84. The standard InChI is InChI=1S/C14H23NOS/c1-11-9-12(5-6-13(11)16-4)14(2,3)10-15-7-8-17/h5-6,9,15,17H,7-8,10H2,1-4H3. The summed E-state index contributed by atoms with van der Waals surface area (Å²) in [4.78, 5) is 0. The molecule has 0 aliphatic rings. The molecule has 1 rings (SSSR count). The Balaban J connectivity index is 2.80. The van der Waals surface area contributed by atoms with Crippen molar-refractivity contribution >= 4 is 12.6 Å². The lowest BCUT2D eigenvalue weighted by Gasteiger charge is -2.26. The van der Waals surface area contributed by atoms with Crippen molar-refractivity contribution in [3.63, 3.8) is 0 Å². The second-order valence-corrected chi connectivity index (χ2v) is 5.42. The first-order valence-electron chi connectivity index (χ1n) is 5.98. The molecule has 0 unspecified atom stereocenters. The van der Waals surface area contributed by atoms with Crippen LogP contribution in [0.25, 0.3) is 0 Å². The van der Waals surface area contributed by atoms with Crippen LogP contribution in [0.4, 0.5) is 0 Å². The zero-order valence-electron chi connectivity index (χ0n) is 11.2. The zero-order valence-corrected chi connectivity index (χ0v) is 12.1. The van der Waals surface area contributed by atoms with Crippen molar-refractivity contribution in [2.45, 2.75) is 26.2 Å². The van der Waals surface area contributed by atoms with Gasteiger partial charge < -0.3 is 10.1 Å². The number of methoxy groups -OCH3 is 1. The summed E-state index contributed by atoms with van der Waals surface area (Å²) < 4.78 is 5.29. The number of ether oxygens (including phenoxy) is 1. The molecule has 0 aliphatic carbocycles. The minimum Gasteiger partial charge on any atom is -0.496 e. The number of aryl methyl sites for hydroxylation is 1. The molecule has 0 aliphatic heterocycles. The van der Waals surface area contributed by atoms with E-state index in [2.05, 4.69) is 50.8 Å². The second-order valence-electron chi connectivity index (χ2n) is 4.97. The van der Waals surface area contributed by atoms with Crippen molar-refractivity contribution in [3.05, 3.63) is 29.3 Å². The van der Waals surface area contributed by atoms with E-state index in [4.69, 9.17) is 4.74 Å². The van der Waals surface area contributed by atoms with Crippen LogP contribution in [0.5, 0.6) is 5.75 Å². The summed E-state index contributed by atoms with van der Waals surface area (Å²) in [6.45, 7) is 8.49. The van der Waals surface area contributed by atoms with Crippen LogP contribution in [0.3, 0.4) is 0 Å². The average molecular weight is 253 g/mol. The Kier molecular flexibility index (Phi) is 5.34. The van der Waals surface area contributed by atoms with Gasteiger partial charge in [0.1, 0.15) is 5.75 Å². The van der Waals surface area contributed by atoms with Gasteiger partial charge in [0.05, 0.1) is 7.11 Å². The molecule has 0 bridgehead atoms. The Labute approximate surface area is 110 Å². The minimum atomic E-state index is 0.125. The van der Waals surface area contributed by atoms with Crippen molar-refractivity contribution in [2.75, 3.05) is 26.0 Å². The highest BCUT2D eigenvalue weighted by molar-refractivity contribution is 7.80. The van der Waals surface area contributed by atoms with Crippen LogP contribution in [0.1, 0.15) is 25.0 Å². The van der Waals surface area contributed by atoms with Gasteiger partial charge in [0.25, 0.3) is 0 Å². The minimum absolute atomic E-state index is 0.125. The molecule has 0 spiro atoms. The zero-order chi connectivity index (χ0) is 12.9. The highest BCUT2D eigenvalue weighted by Gasteiger charge is 2.20. The maximum Gasteiger partial charge on any atom is 0.121 e. The van der Waals surface area contributed by atoms with E-state index in [0.29, 0.717) is 0 Å². The van der Waals surface area contributed by atoms with E-state index in [1.54, 1.807) is 7.11 Å². The predicted octanol–water partition coefficient (Wildman–Crippen LogP) is 2.80. The van der Waals surface area contributed by atoms with Gasteiger partial charge in [0.2, 0.25) is 0 Å². The van der Waals surface area contributed by atoms with E-state index >= 15 is 0 Å². The third-order valence-electron chi connectivity index (χ3n) is 3.03. The first-order chi connectivity index (χ1) is 8.01. The molecule has 0 aromatic heterocycles. The quantitative estimate of drug-likeness (QED) is 0.601. The SMILES string of the molecule is COc1ccc(C(C)(C)CNCCS)cc1C. The lowest BCUT2D eigenvalue weighted by molar-refractivity contribution is 0.410. The van der Waals surface area contributed by atoms with Crippen molar-refractivity contribution in [1.29, 1.82) is 0 Å². The number of benzene rings is 1. The topological polar surface area (TPSA) is 21.3 Å². The summed E-state index contributed by atoms with van der Waals surface area (Å²) in [6.07, 6.45) is 0. The van der Waals surface area contributed by atoms with E-state index in [1.165, 1.54) is 11.1 Å². The summed E-state index contributed by atoms with van der Waals surface area (Å²) in [6, 6.07) is 6.40. The predicted molar refractivity (Wildman–Crippen MR) is 77.5 cm³/mol. The molecule has 0 saturated carbocycles. The monoisotopic (exact) mass is 253 g/mol. The highest BCUT2D eigenvalue weighted by atomic mass is 32.1.